The van der Waals surface area contributed by atoms with Crippen LogP contribution in [0.5, 0.6) is 0 Å². The molecule has 222 valence electrons. The lowest BCUT2D eigenvalue weighted by Crippen LogP contribution is -2.66. The molecule has 0 unspecified atom stereocenters. The van der Waals surface area contributed by atoms with E-state index in [0.717, 1.165) is 31.4 Å². The molecule has 3 aromatic heterocycles. The van der Waals surface area contributed by atoms with E-state index in [2.05, 4.69) is 91.4 Å². The summed E-state index contributed by atoms with van der Waals surface area (Å²) in [6, 6.07) is 24.6. The fraction of sp³-hybridized carbons (Fsp3) is 0.324. The van der Waals surface area contributed by atoms with Crippen molar-refractivity contribution in [3.8, 4) is 11.5 Å². The summed E-state index contributed by atoms with van der Waals surface area (Å²) >= 11 is 0. The molecular weight excluding hydrogens is 555 g/mol. The summed E-state index contributed by atoms with van der Waals surface area (Å²) in [6.07, 6.45) is 6.88. The number of anilines is 2. The highest BCUT2D eigenvalue weighted by Gasteiger charge is 2.50. The van der Waals surface area contributed by atoms with Gasteiger partial charge in [0, 0.05) is 18.7 Å². The lowest BCUT2D eigenvalue weighted by atomic mass is 9.80. The van der Waals surface area contributed by atoms with Gasteiger partial charge in [0.05, 0.1) is 17.6 Å². The zero-order valence-corrected chi connectivity index (χ0v) is 26.0. The second-order valence-electron chi connectivity index (χ2n) is 12.6. The van der Waals surface area contributed by atoms with Crippen LogP contribution in [0.1, 0.15) is 58.1 Å². The van der Waals surface area contributed by atoms with E-state index in [1.807, 2.05) is 0 Å². The van der Waals surface area contributed by atoms with Crippen LogP contribution in [-0.2, 0) is 4.43 Å². The quantitative estimate of drug-likeness (QED) is 0.226. The third kappa shape index (κ3) is 5.43. The van der Waals surface area contributed by atoms with Crippen LogP contribution in [0.4, 0.5) is 15.9 Å². The van der Waals surface area contributed by atoms with Gasteiger partial charge in [0.15, 0.2) is 11.6 Å². The molecule has 9 heteroatoms. The molecule has 1 aliphatic carbocycles. The van der Waals surface area contributed by atoms with Crippen molar-refractivity contribution >= 4 is 35.8 Å². The average molecular weight is 595 g/mol. The molecule has 0 saturated heterocycles. The SMILES string of the molecule is CC(C)(C)[Si](OC[C@H]1CC[C@H](c2nc(-c3cnc4ccc(F)cn34)nc(N)c2N)CC1)(c1ccccc1)c1ccccc1. The Kier molecular flexibility index (Phi) is 7.79. The molecule has 0 radical (unpaired) electrons. The van der Waals surface area contributed by atoms with Crippen molar-refractivity contribution in [2.24, 2.45) is 5.92 Å². The molecular formula is C34H39FN6OSi. The van der Waals surface area contributed by atoms with Crippen LogP contribution in [0, 0.1) is 11.7 Å². The van der Waals surface area contributed by atoms with Crippen LogP contribution < -0.4 is 21.8 Å². The van der Waals surface area contributed by atoms with E-state index in [1.54, 1.807) is 16.7 Å². The highest BCUT2D eigenvalue weighted by atomic mass is 28.4. The van der Waals surface area contributed by atoms with E-state index in [0.29, 0.717) is 35.4 Å². The largest absolute Gasteiger partial charge is 0.407 e. The molecule has 0 aliphatic heterocycles. The third-order valence-corrected chi connectivity index (χ3v) is 13.9. The topological polar surface area (TPSA) is 104 Å². The minimum absolute atomic E-state index is 0.0585. The van der Waals surface area contributed by atoms with E-state index < -0.39 is 8.32 Å². The van der Waals surface area contributed by atoms with Crippen LogP contribution in [0.15, 0.2) is 85.2 Å². The van der Waals surface area contributed by atoms with Crippen LogP contribution in [0.25, 0.3) is 17.2 Å². The minimum atomic E-state index is -2.59. The Bertz CT molecular complexity index is 1670. The number of fused-ring (bicyclic) bond motifs is 1. The van der Waals surface area contributed by atoms with Crippen molar-refractivity contribution in [3.63, 3.8) is 0 Å². The Morgan fingerprint density at radius 2 is 1.51 bits per heavy atom. The maximum atomic E-state index is 14.0. The molecule has 43 heavy (non-hydrogen) atoms. The molecule has 6 rings (SSSR count). The summed E-state index contributed by atoms with van der Waals surface area (Å²) in [7, 11) is -2.59. The molecule has 2 aromatic carbocycles. The first-order valence-corrected chi connectivity index (χ1v) is 16.9. The first kappa shape index (κ1) is 29.0. The van der Waals surface area contributed by atoms with Gasteiger partial charge in [0.25, 0.3) is 8.32 Å². The zero-order valence-electron chi connectivity index (χ0n) is 25.0. The number of halogens is 1. The van der Waals surface area contributed by atoms with Crippen molar-refractivity contribution in [2.75, 3.05) is 18.1 Å². The van der Waals surface area contributed by atoms with Gasteiger partial charge in [-0.05, 0) is 59.1 Å². The van der Waals surface area contributed by atoms with Gasteiger partial charge in [-0.25, -0.2) is 19.3 Å². The number of hydrogen-bond donors (Lipinski definition) is 2. The van der Waals surface area contributed by atoms with Gasteiger partial charge in [-0.15, -0.1) is 0 Å². The molecule has 0 spiro atoms. The summed E-state index contributed by atoms with van der Waals surface area (Å²) in [5.41, 5.74) is 15.1. The smallest absolute Gasteiger partial charge is 0.261 e. The van der Waals surface area contributed by atoms with Gasteiger partial charge >= 0.3 is 0 Å². The lowest BCUT2D eigenvalue weighted by molar-refractivity contribution is 0.190. The molecule has 0 bridgehead atoms. The first-order chi connectivity index (χ1) is 20.7. The normalized spacial score (nSPS) is 17.8. The molecule has 4 N–H and O–H groups in total. The summed E-state index contributed by atoms with van der Waals surface area (Å²) in [5, 5.41) is 2.54. The van der Waals surface area contributed by atoms with Gasteiger partial charge in [-0.1, -0.05) is 81.4 Å². The van der Waals surface area contributed by atoms with Crippen molar-refractivity contribution in [1.29, 1.82) is 0 Å². The summed E-state index contributed by atoms with van der Waals surface area (Å²) in [4.78, 5) is 13.7. The molecule has 1 aliphatic rings. The number of aromatic nitrogens is 4. The fourth-order valence-electron chi connectivity index (χ4n) is 6.66. The van der Waals surface area contributed by atoms with Crippen LogP contribution in [0.2, 0.25) is 5.04 Å². The number of nitrogens with two attached hydrogens (primary N) is 2. The standard InChI is InChI=1S/C34H39FN6OSi/c1-34(2,3)43(26-10-6-4-7-11-26,27-12-8-5-9-13-27)42-22-23-14-16-24(17-15-23)31-30(36)32(37)40-33(39-31)28-20-38-29-19-18-25(35)21-41(28)29/h4-13,18-21,23-24H,14-17,22,36H2,1-3H3,(H2,37,39,40)/t23-,24-. The number of hydrogen-bond acceptors (Lipinski definition) is 6. The maximum absolute atomic E-state index is 14.0. The number of nitrogen functional groups attached to an aromatic ring is 2. The molecule has 7 nitrogen and oxygen atoms in total. The summed E-state index contributed by atoms with van der Waals surface area (Å²) in [5.74, 6) is 0.859. The van der Waals surface area contributed by atoms with Gasteiger partial charge < -0.3 is 15.9 Å². The number of imidazole rings is 1. The van der Waals surface area contributed by atoms with Crippen LogP contribution in [-0.4, -0.2) is 34.3 Å². The Labute approximate surface area is 253 Å². The molecule has 0 amide bonds. The van der Waals surface area contributed by atoms with Gasteiger partial charge in [-0.2, -0.15) is 0 Å². The lowest BCUT2D eigenvalue weighted by Gasteiger charge is -2.44. The Morgan fingerprint density at radius 1 is 0.884 bits per heavy atom. The highest BCUT2D eigenvalue weighted by molar-refractivity contribution is 6.99. The Balaban J connectivity index is 1.23. The monoisotopic (exact) mass is 594 g/mol. The predicted octanol–water partition coefficient (Wildman–Crippen LogP) is 5.95. The van der Waals surface area contributed by atoms with E-state index in [1.165, 1.54) is 22.6 Å². The molecule has 1 fully saturated rings. The number of nitrogens with zero attached hydrogens (tertiary/aromatic N) is 4. The minimum Gasteiger partial charge on any atom is -0.407 e. The number of pyridine rings is 1. The highest BCUT2D eigenvalue weighted by Crippen LogP contribution is 2.41. The van der Waals surface area contributed by atoms with Gasteiger partial charge in [0.1, 0.15) is 17.2 Å². The Hall–Kier alpha value is -4.08. The number of benzene rings is 2. The van der Waals surface area contributed by atoms with E-state index >= 15 is 0 Å². The van der Waals surface area contributed by atoms with Crippen molar-refractivity contribution in [2.45, 2.75) is 57.4 Å². The van der Waals surface area contributed by atoms with Crippen molar-refractivity contribution < 1.29 is 8.82 Å². The second-order valence-corrected chi connectivity index (χ2v) is 16.9. The van der Waals surface area contributed by atoms with Crippen LogP contribution >= 0.6 is 0 Å². The third-order valence-electron chi connectivity index (χ3n) is 8.89. The zero-order chi connectivity index (χ0) is 30.2. The summed E-state index contributed by atoms with van der Waals surface area (Å²) in [6.45, 7) is 7.65. The fourth-order valence-corrected chi connectivity index (χ4v) is 11.3. The van der Waals surface area contributed by atoms with E-state index in [4.69, 9.17) is 20.9 Å². The van der Waals surface area contributed by atoms with E-state index in [-0.39, 0.29) is 22.6 Å². The second kappa shape index (κ2) is 11.5. The predicted molar refractivity (Wildman–Crippen MR) is 173 cm³/mol. The first-order valence-electron chi connectivity index (χ1n) is 15.0. The molecule has 3 heterocycles. The van der Waals surface area contributed by atoms with Gasteiger partial charge in [0.2, 0.25) is 0 Å². The van der Waals surface area contributed by atoms with Crippen molar-refractivity contribution in [1.82, 2.24) is 19.4 Å². The van der Waals surface area contributed by atoms with Crippen molar-refractivity contribution in [3.05, 3.63) is 96.7 Å². The van der Waals surface area contributed by atoms with Gasteiger partial charge in [-0.3, -0.25) is 4.40 Å². The Morgan fingerprint density at radius 3 is 2.12 bits per heavy atom. The average Bonchev–Trinajstić information content (AvgIpc) is 3.43. The summed E-state index contributed by atoms with van der Waals surface area (Å²) < 4.78 is 22.9. The molecule has 0 atom stereocenters. The number of rotatable bonds is 7. The van der Waals surface area contributed by atoms with Crippen LogP contribution in [0.3, 0.4) is 0 Å². The van der Waals surface area contributed by atoms with E-state index in [9.17, 15) is 4.39 Å². The molecule has 1 saturated carbocycles. The molecule has 5 aromatic rings. The maximum Gasteiger partial charge on any atom is 0.261 e.